The number of fused-ring (bicyclic) bond motifs is 1. The third-order valence-corrected chi connectivity index (χ3v) is 3.90. The molecule has 120 valence electrons. The van der Waals surface area contributed by atoms with Gasteiger partial charge in [0.2, 0.25) is 5.91 Å². The van der Waals surface area contributed by atoms with Crippen LogP contribution in [0.5, 0.6) is 0 Å². The summed E-state index contributed by atoms with van der Waals surface area (Å²) in [6, 6.07) is 3.99. The van der Waals surface area contributed by atoms with Crippen LogP contribution in [0.25, 0.3) is 11.0 Å². The monoisotopic (exact) mass is 304 g/mol. The van der Waals surface area contributed by atoms with Crippen LogP contribution in [0.1, 0.15) is 42.5 Å². The summed E-state index contributed by atoms with van der Waals surface area (Å²) in [4.78, 5) is 12.0. The fourth-order valence-electron chi connectivity index (χ4n) is 2.40. The minimum Gasteiger partial charge on any atom is -0.396 e. The van der Waals surface area contributed by atoms with Gasteiger partial charge in [0.1, 0.15) is 5.69 Å². The molecule has 0 fully saturated rings. The number of aromatic nitrogens is 1. The normalized spacial score (nSPS) is 11.0. The van der Waals surface area contributed by atoms with E-state index in [4.69, 9.17) is 9.63 Å². The van der Waals surface area contributed by atoms with E-state index in [-0.39, 0.29) is 18.9 Å². The van der Waals surface area contributed by atoms with Gasteiger partial charge in [0.05, 0.1) is 6.42 Å². The van der Waals surface area contributed by atoms with E-state index in [2.05, 4.69) is 10.5 Å². The summed E-state index contributed by atoms with van der Waals surface area (Å²) < 4.78 is 5.30. The summed E-state index contributed by atoms with van der Waals surface area (Å²) in [5, 5.41) is 16.5. The molecule has 0 saturated heterocycles. The predicted octanol–water partition coefficient (Wildman–Crippen LogP) is 2.66. The van der Waals surface area contributed by atoms with Crippen LogP contribution in [0.4, 0.5) is 0 Å². The predicted molar refractivity (Wildman–Crippen MR) is 85.8 cm³/mol. The molecular weight excluding hydrogens is 280 g/mol. The molecule has 5 nitrogen and oxygen atoms in total. The summed E-state index contributed by atoms with van der Waals surface area (Å²) in [7, 11) is 0. The van der Waals surface area contributed by atoms with Crippen molar-refractivity contribution < 1.29 is 14.4 Å². The van der Waals surface area contributed by atoms with E-state index >= 15 is 0 Å². The van der Waals surface area contributed by atoms with Crippen LogP contribution in [-0.2, 0) is 11.2 Å². The van der Waals surface area contributed by atoms with Gasteiger partial charge in [0.25, 0.3) is 0 Å². The van der Waals surface area contributed by atoms with Gasteiger partial charge >= 0.3 is 0 Å². The number of amides is 1. The van der Waals surface area contributed by atoms with E-state index < -0.39 is 0 Å². The van der Waals surface area contributed by atoms with Gasteiger partial charge in [-0.25, -0.2) is 0 Å². The van der Waals surface area contributed by atoms with Crippen molar-refractivity contribution in [3.63, 3.8) is 0 Å². The second-order valence-electron chi connectivity index (χ2n) is 5.73. The number of nitrogens with zero attached hydrogens (tertiary/aromatic N) is 1. The number of nitrogens with one attached hydrogen (secondary N) is 1. The lowest BCUT2D eigenvalue weighted by Gasteiger charge is -2.04. The number of benzene rings is 1. The van der Waals surface area contributed by atoms with Crippen molar-refractivity contribution >= 4 is 16.9 Å². The molecule has 1 aromatic carbocycles. The molecule has 1 aromatic heterocycles. The highest BCUT2D eigenvalue weighted by Crippen LogP contribution is 2.22. The Balaban J connectivity index is 1.85. The van der Waals surface area contributed by atoms with Crippen molar-refractivity contribution in [1.82, 2.24) is 10.5 Å². The number of hydrogen-bond donors (Lipinski definition) is 2. The molecule has 0 aliphatic rings. The molecule has 0 aliphatic heterocycles. The second-order valence-corrected chi connectivity index (χ2v) is 5.73. The first-order valence-corrected chi connectivity index (χ1v) is 7.85. The number of aliphatic hydroxyl groups is 1. The maximum atomic E-state index is 12.0. The molecule has 0 spiro atoms. The van der Waals surface area contributed by atoms with Gasteiger partial charge in [-0.1, -0.05) is 18.0 Å². The molecule has 2 rings (SSSR count). The van der Waals surface area contributed by atoms with E-state index in [1.165, 1.54) is 5.56 Å². The SMILES string of the molecule is Cc1cc2onc(CC(=O)NCCCCCCO)c2cc1C. The Hall–Kier alpha value is -1.88. The highest BCUT2D eigenvalue weighted by atomic mass is 16.5. The van der Waals surface area contributed by atoms with Gasteiger partial charge in [-0.05, 0) is 49.9 Å². The zero-order valence-electron chi connectivity index (χ0n) is 13.3. The average molecular weight is 304 g/mol. The molecule has 2 N–H and O–H groups in total. The van der Waals surface area contributed by atoms with Gasteiger partial charge in [-0.2, -0.15) is 0 Å². The van der Waals surface area contributed by atoms with Gasteiger partial charge in [0.15, 0.2) is 5.58 Å². The van der Waals surface area contributed by atoms with Crippen molar-refractivity contribution in [2.45, 2.75) is 46.0 Å². The number of hydrogen-bond acceptors (Lipinski definition) is 4. The summed E-state index contributed by atoms with van der Waals surface area (Å²) >= 11 is 0. The Morgan fingerprint density at radius 1 is 1.18 bits per heavy atom. The van der Waals surface area contributed by atoms with Crippen LogP contribution < -0.4 is 5.32 Å². The molecule has 0 aliphatic carbocycles. The summed E-state index contributed by atoms with van der Waals surface area (Å²) in [5.74, 6) is -0.0319. The first-order valence-electron chi connectivity index (χ1n) is 7.85. The van der Waals surface area contributed by atoms with Crippen LogP contribution in [0, 0.1) is 13.8 Å². The maximum absolute atomic E-state index is 12.0. The Morgan fingerprint density at radius 2 is 1.91 bits per heavy atom. The van der Waals surface area contributed by atoms with Crippen LogP contribution in [0.3, 0.4) is 0 Å². The molecule has 0 atom stereocenters. The third kappa shape index (κ3) is 4.31. The molecule has 0 bridgehead atoms. The summed E-state index contributed by atoms with van der Waals surface area (Å²) in [6.45, 7) is 4.97. The lowest BCUT2D eigenvalue weighted by atomic mass is 10.1. The number of carbonyl (C=O) groups is 1. The van der Waals surface area contributed by atoms with Crippen molar-refractivity contribution in [1.29, 1.82) is 0 Å². The van der Waals surface area contributed by atoms with Crippen LogP contribution in [0.2, 0.25) is 0 Å². The zero-order valence-corrected chi connectivity index (χ0v) is 13.3. The highest BCUT2D eigenvalue weighted by Gasteiger charge is 2.13. The Bertz CT molecular complexity index is 634. The average Bonchev–Trinajstić information content (AvgIpc) is 2.85. The molecule has 0 saturated carbocycles. The number of aryl methyl sites for hydroxylation is 2. The molecule has 2 aromatic rings. The van der Waals surface area contributed by atoms with Crippen molar-refractivity contribution in [3.8, 4) is 0 Å². The van der Waals surface area contributed by atoms with Crippen LogP contribution in [0.15, 0.2) is 16.7 Å². The molecular formula is C17H24N2O3. The van der Waals surface area contributed by atoms with Crippen LogP contribution >= 0.6 is 0 Å². The maximum Gasteiger partial charge on any atom is 0.226 e. The van der Waals surface area contributed by atoms with E-state index in [0.29, 0.717) is 12.2 Å². The number of carbonyl (C=O) groups excluding carboxylic acids is 1. The molecule has 0 radical (unpaired) electrons. The first kappa shape index (κ1) is 16.5. The van der Waals surface area contributed by atoms with E-state index in [1.807, 2.05) is 26.0 Å². The Labute approximate surface area is 130 Å². The number of aliphatic hydroxyl groups excluding tert-OH is 1. The largest absolute Gasteiger partial charge is 0.396 e. The fraction of sp³-hybridized carbons (Fsp3) is 0.529. The highest BCUT2D eigenvalue weighted by molar-refractivity contribution is 5.87. The molecule has 1 amide bonds. The van der Waals surface area contributed by atoms with Gasteiger partial charge in [-0.15, -0.1) is 0 Å². The smallest absolute Gasteiger partial charge is 0.226 e. The quantitative estimate of drug-likeness (QED) is 0.735. The van der Waals surface area contributed by atoms with Crippen molar-refractivity contribution in [2.75, 3.05) is 13.2 Å². The van der Waals surface area contributed by atoms with Crippen molar-refractivity contribution in [3.05, 3.63) is 29.0 Å². The molecule has 22 heavy (non-hydrogen) atoms. The third-order valence-electron chi connectivity index (χ3n) is 3.90. The molecule has 1 heterocycles. The summed E-state index contributed by atoms with van der Waals surface area (Å²) in [6.07, 6.45) is 4.03. The second kappa shape index (κ2) is 7.94. The van der Waals surface area contributed by atoms with E-state index in [0.717, 1.165) is 42.2 Å². The standard InChI is InChI=1S/C17H24N2O3/c1-12-9-14-15(19-22-16(14)10-13(12)2)11-17(21)18-7-5-3-4-6-8-20/h9-10,20H,3-8,11H2,1-2H3,(H,18,21). The van der Waals surface area contributed by atoms with E-state index in [1.54, 1.807) is 0 Å². The minimum absolute atomic E-state index is 0.0319. The first-order chi connectivity index (χ1) is 10.6. The Kier molecular flexibility index (Phi) is 5.95. The summed E-state index contributed by atoms with van der Waals surface area (Å²) in [5.41, 5.74) is 3.74. The van der Waals surface area contributed by atoms with Gasteiger partial charge < -0.3 is 14.9 Å². The fourth-order valence-corrected chi connectivity index (χ4v) is 2.40. The van der Waals surface area contributed by atoms with Gasteiger partial charge in [-0.3, -0.25) is 4.79 Å². The molecule has 0 unspecified atom stereocenters. The lowest BCUT2D eigenvalue weighted by Crippen LogP contribution is -2.26. The zero-order chi connectivity index (χ0) is 15.9. The van der Waals surface area contributed by atoms with Crippen LogP contribution in [-0.4, -0.2) is 29.3 Å². The topological polar surface area (TPSA) is 75.4 Å². The number of unbranched alkanes of at least 4 members (excludes halogenated alkanes) is 3. The Morgan fingerprint density at radius 3 is 2.68 bits per heavy atom. The minimum atomic E-state index is -0.0319. The van der Waals surface area contributed by atoms with Gasteiger partial charge in [0, 0.05) is 18.5 Å². The van der Waals surface area contributed by atoms with E-state index in [9.17, 15) is 4.79 Å². The number of rotatable bonds is 8. The lowest BCUT2D eigenvalue weighted by molar-refractivity contribution is -0.120. The molecule has 5 heteroatoms. The van der Waals surface area contributed by atoms with Crippen molar-refractivity contribution in [2.24, 2.45) is 0 Å².